The smallest absolute Gasteiger partial charge is 0.319 e. The summed E-state index contributed by atoms with van der Waals surface area (Å²) < 4.78 is 6.23. The maximum absolute atomic E-state index is 11.7. The molecule has 0 aliphatic heterocycles. The molecule has 0 aliphatic carbocycles. The third-order valence-corrected chi connectivity index (χ3v) is 3.46. The minimum Gasteiger partial charge on any atom is -0.496 e. The van der Waals surface area contributed by atoms with Gasteiger partial charge in [-0.1, -0.05) is 46.3 Å². The number of carbonyl (C=O) groups is 1. The zero-order valence-electron chi connectivity index (χ0n) is 12.2. The Morgan fingerprint density at radius 2 is 2.05 bits per heavy atom. The average molecular weight is 361 g/mol. The van der Waals surface area contributed by atoms with E-state index in [1.807, 2.05) is 54.6 Å². The van der Waals surface area contributed by atoms with Crippen molar-refractivity contribution in [2.45, 2.75) is 6.54 Å². The Kier molecular flexibility index (Phi) is 6.03. The van der Waals surface area contributed by atoms with E-state index in [1.54, 1.807) is 13.3 Å². The van der Waals surface area contributed by atoms with Crippen molar-refractivity contribution in [3.8, 4) is 5.75 Å². The Bertz CT molecular complexity index is 671. The fraction of sp³-hybridized carbons (Fsp3) is 0.118. The Labute approximate surface area is 138 Å². The van der Waals surface area contributed by atoms with Gasteiger partial charge in [0.25, 0.3) is 0 Å². The number of hydrogen-bond donors (Lipinski definition) is 2. The molecule has 2 aromatic carbocycles. The highest BCUT2D eigenvalue weighted by Crippen LogP contribution is 2.16. The van der Waals surface area contributed by atoms with Crippen molar-refractivity contribution < 1.29 is 9.53 Å². The van der Waals surface area contributed by atoms with Crippen molar-refractivity contribution in [2.75, 3.05) is 7.11 Å². The second-order valence-corrected chi connectivity index (χ2v) is 5.44. The molecule has 2 N–H and O–H groups in total. The number of methoxy groups -OCH3 is 1. The van der Waals surface area contributed by atoms with Gasteiger partial charge in [-0.2, -0.15) is 0 Å². The van der Waals surface area contributed by atoms with Crippen LogP contribution in [0, 0.1) is 0 Å². The third kappa shape index (κ3) is 4.93. The Hall–Kier alpha value is -2.27. The number of benzene rings is 2. The van der Waals surface area contributed by atoms with Gasteiger partial charge in [-0.25, -0.2) is 4.79 Å². The number of para-hydroxylation sites is 1. The Balaban J connectivity index is 1.83. The first kappa shape index (κ1) is 16.1. The number of nitrogens with one attached hydrogen (secondary N) is 2. The summed E-state index contributed by atoms with van der Waals surface area (Å²) in [4.78, 5) is 11.7. The number of rotatable bonds is 5. The molecule has 0 aliphatic rings. The minimum absolute atomic E-state index is 0.267. The summed E-state index contributed by atoms with van der Waals surface area (Å²) in [6, 6.07) is 15.1. The number of hydrogen-bond acceptors (Lipinski definition) is 2. The molecule has 5 heteroatoms. The standard InChI is InChI=1S/C17H17BrN2O2/c1-22-16-8-3-2-6-14(16)12-20-17(21)19-10-9-13-5-4-7-15(18)11-13/h2-11H,12H2,1H3,(H2,19,20,21)/b10-9+. The van der Waals surface area contributed by atoms with Crippen LogP contribution in [-0.4, -0.2) is 13.1 Å². The topological polar surface area (TPSA) is 50.4 Å². The minimum atomic E-state index is -0.267. The first-order chi connectivity index (χ1) is 10.7. The van der Waals surface area contributed by atoms with Gasteiger partial charge in [0.1, 0.15) is 5.75 Å². The van der Waals surface area contributed by atoms with Crippen LogP contribution in [-0.2, 0) is 6.54 Å². The molecule has 22 heavy (non-hydrogen) atoms. The van der Waals surface area contributed by atoms with E-state index in [1.165, 1.54) is 0 Å². The van der Waals surface area contributed by atoms with Crippen LogP contribution in [0.2, 0.25) is 0 Å². The maximum Gasteiger partial charge on any atom is 0.319 e. The second-order valence-electron chi connectivity index (χ2n) is 4.53. The third-order valence-electron chi connectivity index (χ3n) is 2.97. The lowest BCUT2D eigenvalue weighted by molar-refractivity contribution is 0.243. The summed E-state index contributed by atoms with van der Waals surface area (Å²) in [6.45, 7) is 0.403. The summed E-state index contributed by atoms with van der Waals surface area (Å²) >= 11 is 3.40. The Morgan fingerprint density at radius 3 is 2.82 bits per heavy atom. The van der Waals surface area contributed by atoms with Gasteiger partial charge >= 0.3 is 6.03 Å². The van der Waals surface area contributed by atoms with Crippen LogP contribution in [0.3, 0.4) is 0 Å². The molecule has 4 nitrogen and oxygen atoms in total. The van der Waals surface area contributed by atoms with Gasteiger partial charge < -0.3 is 15.4 Å². The SMILES string of the molecule is COc1ccccc1CNC(=O)N/C=C/c1cccc(Br)c1. The van der Waals surface area contributed by atoms with Gasteiger partial charge in [-0.3, -0.25) is 0 Å². The van der Waals surface area contributed by atoms with Crippen LogP contribution >= 0.6 is 15.9 Å². The van der Waals surface area contributed by atoms with Crippen molar-refractivity contribution in [2.24, 2.45) is 0 Å². The Morgan fingerprint density at radius 1 is 1.23 bits per heavy atom. The largest absolute Gasteiger partial charge is 0.496 e. The fourth-order valence-corrected chi connectivity index (χ4v) is 2.32. The molecule has 0 fully saturated rings. The van der Waals surface area contributed by atoms with E-state index in [9.17, 15) is 4.79 Å². The highest BCUT2D eigenvalue weighted by molar-refractivity contribution is 9.10. The predicted octanol–water partition coefficient (Wildman–Crippen LogP) is 3.93. The van der Waals surface area contributed by atoms with Crippen molar-refractivity contribution in [3.05, 3.63) is 70.3 Å². The van der Waals surface area contributed by atoms with Gasteiger partial charge in [0.05, 0.1) is 7.11 Å². The average Bonchev–Trinajstić information content (AvgIpc) is 2.53. The molecule has 0 atom stereocenters. The second kappa shape index (κ2) is 8.24. The van der Waals surface area contributed by atoms with Gasteiger partial charge in [0.2, 0.25) is 0 Å². The molecule has 0 bridgehead atoms. The molecule has 0 aromatic heterocycles. The van der Waals surface area contributed by atoms with Crippen LogP contribution in [0.5, 0.6) is 5.75 Å². The zero-order valence-corrected chi connectivity index (χ0v) is 13.8. The molecule has 0 saturated carbocycles. The van der Waals surface area contributed by atoms with E-state index in [4.69, 9.17) is 4.74 Å². The van der Waals surface area contributed by atoms with E-state index < -0.39 is 0 Å². The van der Waals surface area contributed by atoms with Crippen LogP contribution in [0.25, 0.3) is 6.08 Å². The van der Waals surface area contributed by atoms with E-state index >= 15 is 0 Å². The lowest BCUT2D eigenvalue weighted by atomic mass is 10.2. The molecular formula is C17H17BrN2O2. The van der Waals surface area contributed by atoms with Crippen LogP contribution in [0.1, 0.15) is 11.1 Å². The van der Waals surface area contributed by atoms with E-state index in [-0.39, 0.29) is 6.03 Å². The first-order valence-corrected chi connectivity index (χ1v) is 7.56. The van der Waals surface area contributed by atoms with Gasteiger partial charge in [-0.05, 0) is 29.8 Å². The fourth-order valence-electron chi connectivity index (χ4n) is 1.90. The molecule has 2 rings (SSSR count). The first-order valence-electron chi connectivity index (χ1n) is 6.77. The van der Waals surface area contributed by atoms with E-state index in [0.717, 1.165) is 21.3 Å². The summed E-state index contributed by atoms with van der Waals surface area (Å²) in [7, 11) is 1.61. The molecule has 114 valence electrons. The predicted molar refractivity (Wildman–Crippen MR) is 91.5 cm³/mol. The van der Waals surface area contributed by atoms with E-state index in [2.05, 4.69) is 26.6 Å². The molecule has 0 saturated heterocycles. The number of amides is 2. The summed E-state index contributed by atoms with van der Waals surface area (Å²) in [5.41, 5.74) is 1.93. The zero-order chi connectivity index (χ0) is 15.8. The van der Waals surface area contributed by atoms with Crippen molar-refractivity contribution in [1.82, 2.24) is 10.6 Å². The summed E-state index contributed by atoms with van der Waals surface area (Å²) in [5.74, 6) is 0.757. The number of carbonyl (C=O) groups excluding carboxylic acids is 1. The van der Waals surface area contributed by atoms with Gasteiger partial charge in [0.15, 0.2) is 0 Å². The van der Waals surface area contributed by atoms with Gasteiger partial charge in [0, 0.05) is 22.8 Å². The van der Waals surface area contributed by atoms with E-state index in [0.29, 0.717) is 6.54 Å². The highest BCUT2D eigenvalue weighted by atomic mass is 79.9. The summed E-state index contributed by atoms with van der Waals surface area (Å²) in [5, 5.41) is 5.45. The number of urea groups is 1. The quantitative estimate of drug-likeness (QED) is 0.848. The molecular weight excluding hydrogens is 344 g/mol. The number of ether oxygens (including phenoxy) is 1. The van der Waals surface area contributed by atoms with Crippen molar-refractivity contribution in [3.63, 3.8) is 0 Å². The van der Waals surface area contributed by atoms with Crippen molar-refractivity contribution in [1.29, 1.82) is 0 Å². The van der Waals surface area contributed by atoms with Gasteiger partial charge in [-0.15, -0.1) is 0 Å². The molecule has 0 unspecified atom stereocenters. The maximum atomic E-state index is 11.7. The highest BCUT2D eigenvalue weighted by Gasteiger charge is 2.03. The molecule has 2 aromatic rings. The normalized spacial score (nSPS) is 10.5. The van der Waals surface area contributed by atoms with Crippen LogP contribution in [0.4, 0.5) is 4.79 Å². The number of halogens is 1. The molecule has 0 spiro atoms. The molecule has 0 radical (unpaired) electrons. The summed E-state index contributed by atoms with van der Waals surface area (Å²) in [6.07, 6.45) is 3.44. The molecule has 0 heterocycles. The lowest BCUT2D eigenvalue weighted by Crippen LogP contribution is -2.31. The van der Waals surface area contributed by atoms with Crippen LogP contribution < -0.4 is 15.4 Å². The monoisotopic (exact) mass is 360 g/mol. The van der Waals surface area contributed by atoms with Crippen molar-refractivity contribution >= 4 is 28.0 Å². The molecule has 2 amide bonds. The van der Waals surface area contributed by atoms with Crippen LogP contribution in [0.15, 0.2) is 59.2 Å². The lowest BCUT2D eigenvalue weighted by Gasteiger charge is -2.09.